The van der Waals surface area contributed by atoms with Gasteiger partial charge in [-0.25, -0.2) is 0 Å². The van der Waals surface area contributed by atoms with Crippen LogP contribution in [0.15, 0.2) is 28.9 Å². The summed E-state index contributed by atoms with van der Waals surface area (Å²) < 4.78 is 5.05. The zero-order valence-electron chi connectivity index (χ0n) is 9.56. The number of rotatable bonds is 5. The first-order valence-corrected chi connectivity index (χ1v) is 5.18. The first-order chi connectivity index (χ1) is 7.53. The van der Waals surface area contributed by atoms with E-state index >= 15 is 0 Å². The quantitative estimate of drug-likeness (QED) is 0.745. The largest absolute Gasteiger partial charge is 0.465 e. The third-order valence-electron chi connectivity index (χ3n) is 2.14. The van der Waals surface area contributed by atoms with Gasteiger partial charge in [-0.15, -0.1) is 0 Å². The molecule has 0 aliphatic rings. The second-order valence-corrected chi connectivity index (χ2v) is 4.20. The predicted molar refractivity (Wildman–Crippen MR) is 61.7 cm³/mol. The first kappa shape index (κ1) is 12.5. The molecule has 1 rings (SSSR count). The van der Waals surface area contributed by atoms with Crippen LogP contribution in [-0.2, 0) is 4.79 Å². The summed E-state index contributed by atoms with van der Waals surface area (Å²) in [5, 5.41) is 11.6. The van der Waals surface area contributed by atoms with E-state index in [0.717, 1.165) is 0 Å². The molecule has 2 N–H and O–H groups in total. The average molecular weight is 223 g/mol. The molecule has 16 heavy (non-hydrogen) atoms. The van der Waals surface area contributed by atoms with Gasteiger partial charge < -0.3 is 14.8 Å². The molecular weight excluding hydrogens is 206 g/mol. The fourth-order valence-electron chi connectivity index (χ4n) is 1.26. The van der Waals surface area contributed by atoms with E-state index in [-0.39, 0.29) is 12.5 Å². The van der Waals surface area contributed by atoms with E-state index < -0.39 is 5.54 Å². The van der Waals surface area contributed by atoms with E-state index in [2.05, 4.69) is 5.32 Å². The Bertz CT molecular complexity index is 352. The van der Waals surface area contributed by atoms with E-state index in [1.54, 1.807) is 24.5 Å². The molecular formula is C12H17NO3. The molecule has 0 saturated heterocycles. The van der Waals surface area contributed by atoms with E-state index in [1.807, 2.05) is 13.8 Å². The highest BCUT2D eigenvalue weighted by Crippen LogP contribution is 2.07. The number of amides is 1. The van der Waals surface area contributed by atoms with E-state index in [0.29, 0.717) is 12.2 Å². The number of aliphatic hydroxyl groups is 1. The van der Waals surface area contributed by atoms with Crippen molar-refractivity contribution in [3.05, 3.63) is 30.2 Å². The number of furan rings is 1. The molecule has 1 amide bonds. The molecule has 0 aromatic carbocycles. The Morgan fingerprint density at radius 2 is 2.38 bits per heavy atom. The zero-order chi connectivity index (χ0) is 12.0. The van der Waals surface area contributed by atoms with Gasteiger partial charge in [0.25, 0.3) is 0 Å². The number of aliphatic hydroxyl groups excluding tert-OH is 1. The third kappa shape index (κ3) is 4.31. The van der Waals surface area contributed by atoms with Crippen LogP contribution >= 0.6 is 0 Å². The maximum Gasteiger partial charge on any atom is 0.244 e. The Morgan fingerprint density at radius 1 is 1.62 bits per heavy atom. The highest BCUT2D eigenvalue weighted by molar-refractivity contribution is 5.91. The van der Waals surface area contributed by atoms with Crippen molar-refractivity contribution in [1.82, 2.24) is 5.32 Å². The lowest BCUT2D eigenvalue weighted by Crippen LogP contribution is -2.43. The lowest BCUT2D eigenvalue weighted by atomic mass is 10.0. The highest BCUT2D eigenvalue weighted by Gasteiger charge is 2.17. The maximum absolute atomic E-state index is 11.5. The molecule has 88 valence electrons. The van der Waals surface area contributed by atoms with Gasteiger partial charge in [-0.1, -0.05) is 0 Å². The van der Waals surface area contributed by atoms with Crippen LogP contribution in [0, 0.1) is 0 Å². The van der Waals surface area contributed by atoms with Gasteiger partial charge in [-0.3, -0.25) is 4.79 Å². The van der Waals surface area contributed by atoms with Crippen LogP contribution in [0.2, 0.25) is 0 Å². The Hall–Kier alpha value is -1.55. The molecule has 0 spiro atoms. The Morgan fingerprint density at radius 3 is 2.94 bits per heavy atom. The topological polar surface area (TPSA) is 62.5 Å². The SMILES string of the molecule is CC(C)(CCO)NC(=O)/C=C/c1ccco1. The van der Waals surface area contributed by atoms with Crippen LogP contribution < -0.4 is 5.32 Å². The molecule has 1 aromatic heterocycles. The number of hydrogen-bond acceptors (Lipinski definition) is 3. The summed E-state index contributed by atoms with van der Waals surface area (Å²) in [7, 11) is 0. The molecule has 0 atom stereocenters. The van der Waals surface area contributed by atoms with Gasteiger partial charge in [-0.2, -0.15) is 0 Å². The van der Waals surface area contributed by atoms with Gasteiger partial charge in [0.2, 0.25) is 5.91 Å². The molecule has 1 heterocycles. The van der Waals surface area contributed by atoms with Crippen LogP contribution in [0.4, 0.5) is 0 Å². The maximum atomic E-state index is 11.5. The van der Waals surface area contributed by atoms with Crippen molar-refractivity contribution in [2.75, 3.05) is 6.61 Å². The lowest BCUT2D eigenvalue weighted by Gasteiger charge is -2.24. The standard InChI is InChI=1S/C12H17NO3/c1-12(2,7-8-14)13-11(15)6-5-10-4-3-9-16-10/h3-6,9,14H,7-8H2,1-2H3,(H,13,15)/b6-5+. The van der Waals surface area contributed by atoms with Crippen molar-refractivity contribution in [2.24, 2.45) is 0 Å². The van der Waals surface area contributed by atoms with Crippen LogP contribution in [0.1, 0.15) is 26.0 Å². The van der Waals surface area contributed by atoms with Crippen LogP contribution in [0.5, 0.6) is 0 Å². The second kappa shape index (κ2) is 5.51. The van der Waals surface area contributed by atoms with Crippen molar-refractivity contribution >= 4 is 12.0 Å². The summed E-state index contributed by atoms with van der Waals surface area (Å²) in [6, 6.07) is 3.52. The fourth-order valence-corrected chi connectivity index (χ4v) is 1.26. The minimum Gasteiger partial charge on any atom is -0.465 e. The average Bonchev–Trinajstić information content (AvgIpc) is 2.66. The molecule has 1 aromatic rings. The molecule has 4 nitrogen and oxygen atoms in total. The van der Waals surface area contributed by atoms with Gasteiger partial charge >= 0.3 is 0 Å². The molecule has 0 aliphatic heterocycles. The number of carbonyl (C=O) groups excluding carboxylic acids is 1. The minimum absolute atomic E-state index is 0.0508. The minimum atomic E-state index is -0.403. The molecule has 0 bridgehead atoms. The molecule has 0 saturated carbocycles. The zero-order valence-corrected chi connectivity index (χ0v) is 9.56. The number of hydrogen-bond donors (Lipinski definition) is 2. The predicted octanol–water partition coefficient (Wildman–Crippen LogP) is 1.57. The van der Waals surface area contributed by atoms with Crippen LogP contribution in [0.3, 0.4) is 0 Å². The van der Waals surface area contributed by atoms with E-state index in [9.17, 15) is 4.79 Å². The highest BCUT2D eigenvalue weighted by atomic mass is 16.3. The van der Waals surface area contributed by atoms with Gasteiger partial charge in [0.1, 0.15) is 5.76 Å². The Balaban J connectivity index is 2.47. The van der Waals surface area contributed by atoms with Gasteiger partial charge in [-0.05, 0) is 38.5 Å². The Kier molecular flexibility index (Phi) is 4.31. The van der Waals surface area contributed by atoms with Crippen molar-refractivity contribution < 1.29 is 14.3 Å². The van der Waals surface area contributed by atoms with Crippen molar-refractivity contribution in [2.45, 2.75) is 25.8 Å². The van der Waals surface area contributed by atoms with Crippen molar-refractivity contribution in [3.8, 4) is 0 Å². The fraction of sp³-hybridized carbons (Fsp3) is 0.417. The van der Waals surface area contributed by atoms with Crippen LogP contribution in [-0.4, -0.2) is 23.2 Å². The second-order valence-electron chi connectivity index (χ2n) is 4.20. The summed E-state index contributed by atoms with van der Waals surface area (Å²) in [6.07, 6.45) is 5.09. The molecule has 0 fully saturated rings. The summed E-state index contributed by atoms with van der Waals surface area (Å²) in [4.78, 5) is 11.5. The lowest BCUT2D eigenvalue weighted by molar-refractivity contribution is -0.118. The van der Waals surface area contributed by atoms with Crippen molar-refractivity contribution in [1.29, 1.82) is 0 Å². The molecule has 0 radical (unpaired) electrons. The first-order valence-electron chi connectivity index (χ1n) is 5.18. The Labute approximate surface area is 95.0 Å². The van der Waals surface area contributed by atoms with Gasteiger partial charge in [0, 0.05) is 18.2 Å². The smallest absolute Gasteiger partial charge is 0.244 e. The van der Waals surface area contributed by atoms with Gasteiger partial charge in [0.15, 0.2) is 0 Å². The monoisotopic (exact) mass is 223 g/mol. The van der Waals surface area contributed by atoms with E-state index in [4.69, 9.17) is 9.52 Å². The van der Waals surface area contributed by atoms with E-state index in [1.165, 1.54) is 6.08 Å². The third-order valence-corrected chi connectivity index (χ3v) is 2.14. The molecule has 0 unspecified atom stereocenters. The normalized spacial score (nSPS) is 11.9. The summed E-state index contributed by atoms with van der Waals surface area (Å²) in [5.41, 5.74) is -0.403. The van der Waals surface area contributed by atoms with Crippen LogP contribution in [0.25, 0.3) is 6.08 Å². The number of carbonyl (C=O) groups is 1. The summed E-state index contributed by atoms with van der Waals surface area (Å²) in [5.74, 6) is 0.435. The van der Waals surface area contributed by atoms with Crippen molar-refractivity contribution in [3.63, 3.8) is 0 Å². The summed E-state index contributed by atoms with van der Waals surface area (Å²) in [6.45, 7) is 3.78. The molecule has 4 heteroatoms. The summed E-state index contributed by atoms with van der Waals surface area (Å²) >= 11 is 0. The number of nitrogens with one attached hydrogen (secondary N) is 1. The van der Waals surface area contributed by atoms with Gasteiger partial charge in [0.05, 0.1) is 6.26 Å². The molecule has 0 aliphatic carbocycles.